The minimum atomic E-state index is -0.256. The Kier molecular flexibility index (Phi) is 6.30. The maximum absolute atomic E-state index is 11.8. The SMILES string of the molecule is CC(=O)N(CC(=O)NCC(C)C)c1ccc(Cl)cc1Cl. The Hall–Kier alpha value is -1.26. The first-order chi connectivity index (χ1) is 9.31. The zero-order valence-electron chi connectivity index (χ0n) is 11.7. The van der Waals surface area contributed by atoms with E-state index in [1.165, 1.54) is 11.8 Å². The first kappa shape index (κ1) is 16.8. The third kappa shape index (κ3) is 5.02. The number of hydrogen-bond donors (Lipinski definition) is 1. The summed E-state index contributed by atoms with van der Waals surface area (Å²) in [6, 6.07) is 4.80. The second-order valence-electron chi connectivity index (χ2n) is 4.90. The predicted octanol–water partition coefficient (Wildman–Crippen LogP) is 3.12. The van der Waals surface area contributed by atoms with E-state index in [9.17, 15) is 9.59 Å². The van der Waals surface area contributed by atoms with Gasteiger partial charge in [0.2, 0.25) is 11.8 Å². The molecule has 0 heterocycles. The lowest BCUT2D eigenvalue weighted by Gasteiger charge is -2.22. The zero-order valence-corrected chi connectivity index (χ0v) is 13.3. The molecule has 2 amide bonds. The topological polar surface area (TPSA) is 49.4 Å². The maximum atomic E-state index is 11.8. The third-order valence-electron chi connectivity index (χ3n) is 2.59. The lowest BCUT2D eigenvalue weighted by Crippen LogP contribution is -2.41. The monoisotopic (exact) mass is 316 g/mol. The molecule has 4 nitrogen and oxygen atoms in total. The summed E-state index contributed by atoms with van der Waals surface area (Å²) < 4.78 is 0. The molecule has 0 atom stereocenters. The van der Waals surface area contributed by atoms with Crippen LogP contribution in [-0.4, -0.2) is 24.9 Å². The number of amides is 2. The first-order valence-electron chi connectivity index (χ1n) is 6.31. The molecule has 0 unspecified atom stereocenters. The Morgan fingerprint density at radius 3 is 2.45 bits per heavy atom. The largest absolute Gasteiger partial charge is 0.354 e. The van der Waals surface area contributed by atoms with Crippen LogP contribution in [0, 0.1) is 5.92 Å². The normalized spacial score (nSPS) is 10.5. The van der Waals surface area contributed by atoms with Crippen LogP contribution >= 0.6 is 23.2 Å². The Morgan fingerprint density at radius 2 is 1.95 bits per heavy atom. The van der Waals surface area contributed by atoms with Crippen molar-refractivity contribution in [1.29, 1.82) is 0 Å². The second-order valence-corrected chi connectivity index (χ2v) is 5.74. The summed E-state index contributed by atoms with van der Waals surface area (Å²) in [6.45, 7) is 5.89. The number of anilines is 1. The highest BCUT2D eigenvalue weighted by molar-refractivity contribution is 6.36. The molecular formula is C14H18Cl2N2O2. The van der Waals surface area contributed by atoms with Crippen LogP contribution in [0.4, 0.5) is 5.69 Å². The highest BCUT2D eigenvalue weighted by Gasteiger charge is 2.18. The van der Waals surface area contributed by atoms with Crippen LogP contribution in [0.1, 0.15) is 20.8 Å². The Balaban J connectivity index is 2.84. The molecule has 6 heteroatoms. The van der Waals surface area contributed by atoms with Crippen LogP contribution in [0.3, 0.4) is 0 Å². The Morgan fingerprint density at radius 1 is 1.30 bits per heavy atom. The number of halogens is 2. The quantitative estimate of drug-likeness (QED) is 0.907. The molecule has 0 radical (unpaired) electrons. The van der Waals surface area contributed by atoms with Gasteiger partial charge in [-0.25, -0.2) is 0 Å². The number of rotatable bonds is 5. The van der Waals surface area contributed by atoms with E-state index in [-0.39, 0.29) is 18.4 Å². The Labute approximate surface area is 129 Å². The molecule has 0 saturated carbocycles. The van der Waals surface area contributed by atoms with Gasteiger partial charge in [0.15, 0.2) is 0 Å². The van der Waals surface area contributed by atoms with Crippen LogP contribution < -0.4 is 10.2 Å². The number of carbonyl (C=O) groups excluding carboxylic acids is 2. The van der Waals surface area contributed by atoms with E-state index in [1.807, 2.05) is 13.8 Å². The molecule has 0 saturated heterocycles. The van der Waals surface area contributed by atoms with Crippen molar-refractivity contribution in [2.75, 3.05) is 18.0 Å². The number of benzene rings is 1. The van der Waals surface area contributed by atoms with Crippen molar-refractivity contribution in [3.63, 3.8) is 0 Å². The van der Waals surface area contributed by atoms with E-state index in [0.717, 1.165) is 0 Å². The van der Waals surface area contributed by atoms with Crippen molar-refractivity contribution in [3.8, 4) is 0 Å². The van der Waals surface area contributed by atoms with Gasteiger partial charge in [-0.05, 0) is 24.1 Å². The van der Waals surface area contributed by atoms with Crippen molar-refractivity contribution in [1.82, 2.24) is 5.32 Å². The fraction of sp³-hybridized carbons (Fsp3) is 0.429. The fourth-order valence-corrected chi connectivity index (χ4v) is 2.09. The minimum Gasteiger partial charge on any atom is -0.354 e. The van der Waals surface area contributed by atoms with Gasteiger partial charge in [0, 0.05) is 18.5 Å². The van der Waals surface area contributed by atoms with Crippen LogP contribution in [0.15, 0.2) is 18.2 Å². The molecule has 0 aliphatic carbocycles. The number of carbonyl (C=O) groups is 2. The highest BCUT2D eigenvalue weighted by atomic mass is 35.5. The summed E-state index contributed by atoms with van der Waals surface area (Å²) in [4.78, 5) is 24.9. The van der Waals surface area contributed by atoms with Gasteiger partial charge in [0.1, 0.15) is 6.54 Å². The summed E-state index contributed by atoms with van der Waals surface area (Å²) in [7, 11) is 0. The van der Waals surface area contributed by atoms with Crippen LogP contribution in [0.25, 0.3) is 0 Å². The highest BCUT2D eigenvalue weighted by Crippen LogP contribution is 2.28. The molecule has 1 aromatic carbocycles. The van der Waals surface area contributed by atoms with Gasteiger partial charge in [-0.15, -0.1) is 0 Å². The second kappa shape index (κ2) is 7.50. The van der Waals surface area contributed by atoms with Crippen molar-refractivity contribution in [2.24, 2.45) is 5.92 Å². The van der Waals surface area contributed by atoms with E-state index >= 15 is 0 Å². The van der Waals surface area contributed by atoms with Gasteiger partial charge in [-0.2, -0.15) is 0 Å². The van der Waals surface area contributed by atoms with Gasteiger partial charge in [-0.1, -0.05) is 37.0 Å². The van der Waals surface area contributed by atoms with Crippen LogP contribution in [0.2, 0.25) is 10.0 Å². The molecule has 0 aromatic heterocycles. The van der Waals surface area contributed by atoms with Gasteiger partial charge in [0.25, 0.3) is 0 Å². The molecule has 1 rings (SSSR count). The Bertz CT molecular complexity index is 504. The number of nitrogens with zero attached hydrogens (tertiary/aromatic N) is 1. The van der Waals surface area contributed by atoms with Crippen molar-refractivity contribution in [2.45, 2.75) is 20.8 Å². The molecule has 0 aliphatic rings. The van der Waals surface area contributed by atoms with Gasteiger partial charge >= 0.3 is 0 Å². The molecule has 0 bridgehead atoms. The predicted molar refractivity (Wildman–Crippen MR) is 82.3 cm³/mol. The van der Waals surface area contributed by atoms with E-state index in [4.69, 9.17) is 23.2 Å². The number of hydrogen-bond acceptors (Lipinski definition) is 2. The summed E-state index contributed by atoms with van der Waals surface area (Å²) in [5, 5.41) is 3.58. The van der Waals surface area contributed by atoms with E-state index in [2.05, 4.69) is 5.32 Å². The molecule has 20 heavy (non-hydrogen) atoms. The molecule has 0 aliphatic heterocycles. The summed E-state index contributed by atoms with van der Waals surface area (Å²) in [5.74, 6) is -0.127. The smallest absolute Gasteiger partial charge is 0.240 e. The standard InChI is InChI=1S/C14H18Cl2N2O2/c1-9(2)7-17-14(20)8-18(10(3)19)13-5-4-11(15)6-12(13)16/h4-6,9H,7-8H2,1-3H3,(H,17,20). The van der Waals surface area contributed by atoms with E-state index < -0.39 is 0 Å². The van der Waals surface area contributed by atoms with Crippen molar-refractivity contribution >= 4 is 40.7 Å². The van der Waals surface area contributed by atoms with E-state index in [0.29, 0.717) is 28.2 Å². The summed E-state index contributed by atoms with van der Waals surface area (Å²) >= 11 is 11.9. The molecule has 110 valence electrons. The van der Waals surface area contributed by atoms with Crippen molar-refractivity contribution in [3.05, 3.63) is 28.2 Å². The summed E-state index contributed by atoms with van der Waals surface area (Å²) in [6.07, 6.45) is 0. The molecule has 0 spiro atoms. The fourth-order valence-electron chi connectivity index (χ4n) is 1.58. The first-order valence-corrected chi connectivity index (χ1v) is 7.06. The average Bonchev–Trinajstić information content (AvgIpc) is 2.34. The lowest BCUT2D eigenvalue weighted by molar-refractivity contribution is -0.123. The average molecular weight is 317 g/mol. The zero-order chi connectivity index (χ0) is 15.3. The van der Waals surface area contributed by atoms with Gasteiger partial charge in [0.05, 0.1) is 10.7 Å². The lowest BCUT2D eigenvalue weighted by atomic mass is 10.2. The minimum absolute atomic E-state index is 0.0661. The van der Waals surface area contributed by atoms with Gasteiger partial charge < -0.3 is 10.2 Å². The van der Waals surface area contributed by atoms with Crippen molar-refractivity contribution < 1.29 is 9.59 Å². The number of nitrogens with one attached hydrogen (secondary N) is 1. The maximum Gasteiger partial charge on any atom is 0.240 e. The molecule has 1 aromatic rings. The van der Waals surface area contributed by atoms with Gasteiger partial charge in [-0.3, -0.25) is 9.59 Å². The third-order valence-corrected chi connectivity index (χ3v) is 3.13. The van der Waals surface area contributed by atoms with Crippen LogP contribution in [-0.2, 0) is 9.59 Å². The molecule has 1 N–H and O–H groups in total. The molecule has 0 fully saturated rings. The van der Waals surface area contributed by atoms with E-state index in [1.54, 1.807) is 18.2 Å². The molecular weight excluding hydrogens is 299 g/mol. The van der Waals surface area contributed by atoms with Crippen LogP contribution in [0.5, 0.6) is 0 Å². The summed E-state index contributed by atoms with van der Waals surface area (Å²) in [5.41, 5.74) is 0.475.